The smallest absolute Gasteiger partial charge is 0.323 e. The maximum Gasteiger partial charge on any atom is 0.323 e. The molecule has 106 valence electrons. The molecule has 0 aromatic heterocycles. The number of rotatable bonds is 5. The van der Waals surface area contributed by atoms with Crippen molar-refractivity contribution in [3.8, 4) is 5.75 Å². The van der Waals surface area contributed by atoms with Gasteiger partial charge in [-0.15, -0.1) is 0 Å². The van der Waals surface area contributed by atoms with Gasteiger partial charge in [-0.05, 0) is 24.6 Å². The van der Waals surface area contributed by atoms with Crippen molar-refractivity contribution in [3.63, 3.8) is 0 Å². The second kappa shape index (κ2) is 5.06. The number of carbonyl (C=O) groups is 1. The number of phenolic OH excluding ortho intramolecular Hbond substituents is 1. The summed E-state index contributed by atoms with van der Waals surface area (Å²) in [5, 5.41) is 18.6. The molecule has 7 nitrogen and oxygen atoms in total. The molecule has 0 aliphatic rings. The third-order valence-electron chi connectivity index (χ3n) is 2.42. The van der Waals surface area contributed by atoms with Gasteiger partial charge in [-0.1, -0.05) is 6.07 Å². The fourth-order valence-corrected chi connectivity index (χ4v) is 2.04. The SMILES string of the molecule is CC(N)(Cc1ccc(NS(C)(=O)=O)c(O)c1)C(=O)O. The van der Waals surface area contributed by atoms with Gasteiger partial charge in [-0.3, -0.25) is 9.52 Å². The Morgan fingerprint density at radius 3 is 2.47 bits per heavy atom. The average molecular weight is 288 g/mol. The minimum atomic E-state index is -3.49. The highest BCUT2D eigenvalue weighted by Crippen LogP contribution is 2.26. The first kappa shape index (κ1) is 15.3. The molecule has 1 rings (SSSR count). The predicted molar refractivity (Wildman–Crippen MR) is 70.5 cm³/mol. The van der Waals surface area contributed by atoms with Gasteiger partial charge < -0.3 is 15.9 Å². The number of hydrogen-bond acceptors (Lipinski definition) is 5. The third kappa shape index (κ3) is 4.42. The summed E-state index contributed by atoms with van der Waals surface area (Å²) >= 11 is 0. The molecular formula is C11H16N2O5S. The molecule has 19 heavy (non-hydrogen) atoms. The van der Waals surface area contributed by atoms with Crippen molar-refractivity contribution >= 4 is 21.7 Å². The van der Waals surface area contributed by atoms with Crippen LogP contribution in [-0.2, 0) is 21.2 Å². The maximum absolute atomic E-state index is 11.0. The molecule has 1 aromatic rings. The van der Waals surface area contributed by atoms with E-state index in [0.717, 1.165) is 6.26 Å². The van der Waals surface area contributed by atoms with E-state index < -0.39 is 21.5 Å². The zero-order valence-electron chi connectivity index (χ0n) is 10.5. The molecule has 0 fully saturated rings. The van der Waals surface area contributed by atoms with Crippen molar-refractivity contribution in [3.05, 3.63) is 23.8 Å². The van der Waals surface area contributed by atoms with E-state index in [-0.39, 0.29) is 17.9 Å². The Bertz CT molecular complexity index is 595. The lowest BCUT2D eigenvalue weighted by Gasteiger charge is -2.19. The largest absolute Gasteiger partial charge is 0.506 e. The highest BCUT2D eigenvalue weighted by molar-refractivity contribution is 7.92. The molecule has 5 N–H and O–H groups in total. The molecule has 0 saturated heterocycles. The first-order valence-corrected chi connectivity index (χ1v) is 7.22. The molecular weight excluding hydrogens is 272 g/mol. The molecule has 0 amide bonds. The van der Waals surface area contributed by atoms with Crippen LogP contribution in [0.5, 0.6) is 5.75 Å². The van der Waals surface area contributed by atoms with Crippen molar-refractivity contribution in [1.82, 2.24) is 0 Å². The van der Waals surface area contributed by atoms with E-state index in [1.165, 1.54) is 25.1 Å². The van der Waals surface area contributed by atoms with Gasteiger partial charge in [0.15, 0.2) is 0 Å². The highest BCUT2D eigenvalue weighted by Gasteiger charge is 2.28. The number of aromatic hydroxyl groups is 1. The number of carboxylic acids is 1. The second-order valence-corrected chi connectivity index (χ2v) is 6.37. The summed E-state index contributed by atoms with van der Waals surface area (Å²) < 4.78 is 24.2. The Morgan fingerprint density at radius 1 is 1.47 bits per heavy atom. The number of sulfonamides is 1. The summed E-state index contributed by atoms with van der Waals surface area (Å²) in [6.07, 6.45) is 0.969. The summed E-state index contributed by atoms with van der Waals surface area (Å²) in [5.41, 5.74) is 4.65. The number of benzene rings is 1. The van der Waals surface area contributed by atoms with Gasteiger partial charge in [0, 0.05) is 6.42 Å². The lowest BCUT2D eigenvalue weighted by Crippen LogP contribution is -2.46. The zero-order valence-corrected chi connectivity index (χ0v) is 11.4. The molecule has 0 saturated carbocycles. The summed E-state index contributed by atoms with van der Waals surface area (Å²) in [7, 11) is -3.49. The molecule has 1 atom stereocenters. The summed E-state index contributed by atoms with van der Waals surface area (Å²) in [6, 6.07) is 4.13. The summed E-state index contributed by atoms with van der Waals surface area (Å²) in [6.45, 7) is 1.36. The summed E-state index contributed by atoms with van der Waals surface area (Å²) in [4.78, 5) is 10.9. The molecule has 0 aliphatic heterocycles. The molecule has 0 heterocycles. The van der Waals surface area contributed by atoms with Crippen LogP contribution in [0, 0.1) is 0 Å². The molecule has 1 unspecified atom stereocenters. The van der Waals surface area contributed by atoms with Crippen molar-refractivity contribution in [1.29, 1.82) is 0 Å². The number of nitrogens with one attached hydrogen (secondary N) is 1. The molecule has 8 heteroatoms. The van der Waals surface area contributed by atoms with E-state index in [1.807, 2.05) is 0 Å². The Labute approximate surface area is 111 Å². The van der Waals surface area contributed by atoms with Crippen LogP contribution in [0.25, 0.3) is 0 Å². The van der Waals surface area contributed by atoms with Crippen LogP contribution >= 0.6 is 0 Å². The van der Waals surface area contributed by atoms with Crippen molar-refractivity contribution < 1.29 is 23.4 Å². The Morgan fingerprint density at radius 2 is 2.05 bits per heavy atom. The molecule has 0 bridgehead atoms. The number of aliphatic carboxylic acids is 1. The van der Waals surface area contributed by atoms with Crippen LogP contribution in [0.3, 0.4) is 0 Å². The number of carboxylic acid groups (broad SMARTS) is 1. The van der Waals surface area contributed by atoms with Gasteiger partial charge in [0.2, 0.25) is 10.0 Å². The standard InChI is InChI=1S/C11H16N2O5S/c1-11(12,10(15)16)6-7-3-4-8(9(14)5-7)13-19(2,17)18/h3-5,13-14H,6,12H2,1-2H3,(H,15,16). The van der Waals surface area contributed by atoms with Gasteiger partial charge >= 0.3 is 5.97 Å². The number of hydrogen-bond donors (Lipinski definition) is 4. The Hall–Kier alpha value is -1.80. The fraction of sp³-hybridized carbons (Fsp3) is 0.364. The van der Waals surface area contributed by atoms with Gasteiger partial charge in [0.25, 0.3) is 0 Å². The summed E-state index contributed by atoms with van der Waals surface area (Å²) in [5.74, 6) is -1.45. The second-order valence-electron chi connectivity index (χ2n) is 4.63. The van der Waals surface area contributed by atoms with E-state index in [4.69, 9.17) is 10.8 Å². The molecule has 0 spiro atoms. The zero-order chi connectivity index (χ0) is 14.8. The minimum Gasteiger partial charge on any atom is -0.506 e. The lowest BCUT2D eigenvalue weighted by molar-refractivity contribution is -0.142. The average Bonchev–Trinajstić information content (AvgIpc) is 2.19. The molecule has 0 aliphatic carbocycles. The van der Waals surface area contributed by atoms with Gasteiger partial charge in [-0.25, -0.2) is 8.42 Å². The predicted octanol–water partition coefficient (Wildman–Crippen LogP) is 0.108. The van der Waals surface area contributed by atoms with Crippen LogP contribution in [0.4, 0.5) is 5.69 Å². The minimum absolute atomic E-state index is 0.00898. The lowest BCUT2D eigenvalue weighted by atomic mass is 9.94. The Kier molecular flexibility index (Phi) is 4.06. The molecule has 1 aromatic carbocycles. The van der Waals surface area contributed by atoms with E-state index in [0.29, 0.717) is 5.56 Å². The van der Waals surface area contributed by atoms with E-state index in [9.17, 15) is 18.3 Å². The number of nitrogens with two attached hydrogens (primary N) is 1. The van der Waals surface area contributed by atoms with Crippen LogP contribution < -0.4 is 10.5 Å². The van der Waals surface area contributed by atoms with Crippen molar-refractivity contribution in [2.45, 2.75) is 18.9 Å². The number of phenols is 1. The van der Waals surface area contributed by atoms with Crippen LogP contribution in [0.1, 0.15) is 12.5 Å². The Balaban J connectivity index is 2.98. The maximum atomic E-state index is 11.0. The van der Waals surface area contributed by atoms with E-state index in [1.54, 1.807) is 0 Å². The fourth-order valence-electron chi connectivity index (χ4n) is 1.47. The van der Waals surface area contributed by atoms with Gasteiger partial charge in [0.1, 0.15) is 11.3 Å². The highest BCUT2D eigenvalue weighted by atomic mass is 32.2. The van der Waals surface area contributed by atoms with Crippen LogP contribution in [0.2, 0.25) is 0 Å². The number of anilines is 1. The normalized spacial score (nSPS) is 14.7. The first-order valence-electron chi connectivity index (χ1n) is 5.33. The van der Waals surface area contributed by atoms with Crippen LogP contribution in [-0.4, -0.2) is 36.4 Å². The quantitative estimate of drug-likeness (QED) is 0.569. The van der Waals surface area contributed by atoms with Crippen LogP contribution in [0.15, 0.2) is 18.2 Å². The van der Waals surface area contributed by atoms with Gasteiger partial charge in [-0.2, -0.15) is 0 Å². The monoisotopic (exact) mass is 288 g/mol. The first-order chi connectivity index (χ1) is 8.51. The topological polar surface area (TPSA) is 130 Å². The third-order valence-corrected chi connectivity index (χ3v) is 3.01. The van der Waals surface area contributed by atoms with Crippen molar-refractivity contribution in [2.75, 3.05) is 11.0 Å². The van der Waals surface area contributed by atoms with Gasteiger partial charge in [0.05, 0.1) is 11.9 Å². The van der Waals surface area contributed by atoms with Crippen molar-refractivity contribution in [2.24, 2.45) is 5.73 Å². The van der Waals surface area contributed by atoms with E-state index >= 15 is 0 Å². The van der Waals surface area contributed by atoms with E-state index in [2.05, 4.69) is 4.72 Å². The molecule has 0 radical (unpaired) electrons.